The van der Waals surface area contributed by atoms with Crippen LogP contribution in [0, 0.1) is 5.92 Å². The van der Waals surface area contributed by atoms with Crippen LogP contribution in [0.3, 0.4) is 0 Å². The molecule has 0 rings (SSSR count). The molecule has 0 aromatic rings. The molecule has 0 saturated heterocycles. The number of ether oxygens (including phenoxy) is 1. The Morgan fingerprint density at radius 3 is 2.56 bits per heavy atom. The molecule has 53 valence electrons. The minimum Gasteiger partial charge on any atom is -0.431 e. The van der Waals surface area contributed by atoms with E-state index < -0.39 is 6.16 Å². The summed E-state index contributed by atoms with van der Waals surface area (Å²) < 4.78 is 4.20. The molecule has 0 fully saturated rings. The fraction of sp³-hybridized carbons (Fsp3) is 0.833. The van der Waals surface area contributed by atoms with Crippen molar-refractivity contribution in [2.75, 3.05) is 6.61 Å². The molecule has 3 heteroatoms. The summed E-state index contributed by atoms with van der Waals surface area (Å²) in [5.41, 5.74) is 0. The lowest BCUT2D eigenvalue weighted by molar-refractivity contribution is 0.0567. The SMILES string of the molecule is CCC(C)COC([O])=O. The van der Waals surface area contributed by atoms with Gasteiger partial charge in [0, 0.05) is 0 Å². The molecule has 0 heterocycles. The molecule has 1 radical (unpaired) electrons. The second kappa shape index (κ2) is 4.18. The normalized spacial score (nSPS) is 12.7. The molecule has 1 unspecified atom stereocenters. The number of hydrogen-bond acceptors (Lipinski definition) is 2. The van der Waals surface area contributed by atoms with E-state index in [0.29, 0.717) is 5.92 Å². The molecule has 0 aromatic heterocycles. The molecule has 0 saturated carbocycles. The summed E-state index contributed by atoms with van der Waals surface area (Å²) in [6.07, 6.45) is -0.511. The van der Waals surface area contributed by atoms with Crippen LogP contribution in [0.1, 0.15) is 20.3 Å². The van der Waals surface area contributed by atoms with Gasteiger partial charge < -0.3 is 4.74 Å². The zero-order valence-electron chi connectivity index (χ0n) is 5.72. The highest BCUT2D eigenvalue weighted by Crippen LogP contribution is 1.99. The largest absolute Gasteiger partial charge is 0.550 e. The van der Waals surface area contributed by atoms with Crippen LogP contribution in [-0.2, 0) is 9.84 Å². The molecule has 0 aliphatic carbocycles. The summed E-state index contributed by atoms with van der Waals surface area (Å²) >= 11 is 0. The van der Waals surface area contributed by atoms with Crippen molar-refractivity contribution < 1.29 is 14.6 Å². The standard InChI is InChI=1S/C6H11O3/c1-3-5(2)4-9-6(7)8/h5H,3-4H2,1-2H3. The molecule has 0 bridgehead atoms. The average molecular weight is 131 g/mol. The van der Waals surface area contributed by atoms with E-state index in [0.717, 1.165) is 6.42 Å². The number of rotatable bonds is 3. The second-order valence-electron chi connectivity index (χ2n) is 2.07. The van der Waals surface area contributed by atoms with Gasteiger partial charge in [-0.15, -0.1) is 0 Å². The van der Waals surface area contributed by atoms with Crippen LogP contribution in [0.15, 0.2) is 0 Å². The highest BCUT2D eigenvalue weighted by molar-refractivity contribution is 5.56. The van der Waals surface area contributed by atoms with Gasteiger partial charge in [0.25, 0.3) is 0 Å². The molecule has 0 N–H and O–H groups in total. The summed E-state index contributed by atoms with van der Waals surface area (Å²) in [6, 6.07) is 0. The predicted molar refractivity (Wildman–Crippen MR) is 31.5 cm³/mol. The van der Waals surface area contributed by atoms with Gasteiger partial charge in [-0.3, -0.25) is 0 Å². The minimum absolute atomic E-state index is 0.249. The molecule has 0 spiro atoms. The van der Waals surface area contributed by atoms with Crippen molar-refractivity contribution in [2.45, 2.75) is 20.3 Å². The van der Waals surface area contributed by atoms with Crippen LogP contribution < -0.4 is 0 Å². The van der Waals surface area contributed by atoms with Gasteiger partial charge in [0.05, 0.1) is 6.61 Å². The van der Waals surface area contributed by atoms with Crippen LogP contribution in [0.2, 0.25) is 0 Å². The molecule has 0 aliphatic heterocycles. The van der Waals surface area contributed by atoms with E-state index in [1.54, 1.807) is 0 Å². The highest BCUT2D eigenvalue weighted by Gasteiger charge is 2.03. The van der Waals surface area contributed by atoms with Gasteiger partial charge in [0.15, 0.2) is 0 Å². The Balaban J connectivity index is 3.16. The fourth-order valence-corrected chi connectivity index (χ4v) is 0.328. The topological polar surface area (TPSA) is 46.2 Å². The van der Waals surface area contributed by atoms with Crippen LogP contribution in [-0.4, -0.2) is 12.8 Å². The summed E-state index contributed by atoms with van der Waals surface area (Å²) in [7, 11) is 0. The monoisotopic (exact) mass is 131 g/mol. The lowest BCUT2D eigenvalue weighted by Crippen LogP contribution is -2.07. The van der Waals surface area contributed by atoms with Gasteiger partial charge >= 0.3 is 6.16 Å². The number of carbonyl (C=O) groups is 1. The van der Waals surface area contributed by atoms with Crippen molar-refractivity contribution >= 4 is 6.16 Å². The Bertz CT molecular complexity index is 90.3. The Morgan fingerprint density at radius 2 is 2.22 bits per heavy atom. The van der Waals surface area contributed by atoms with Crippen molar-refractivity contribution in [1.82, 2.24) is 0 Å². The maximum Gasteiger partial charge on any atom is 0.550 e. The smallest absolute Gasteiger partial charge is 0.431 e. The van der Waals surface area contributed by atoms with E-state index in [2.05, 4.69) is 4.74 Å². The zero-order chi connectivity index (χ0) is 7.28. The van der Waals surface area contributed by atoms with Crippen molar-refractivity contribution in [3.63, 3.8) is 0 Å². The number of hydrogen-bond donors (Lipinski definition) is 0. The summed E-state index contributed by atoms with van der Waals surface area (Å²) in [6.45, 7) is 4.14. The number of carbonyl (C=O) groups excluding carboxylic acids is 1. The zero-order valence-corrected chi connectivity index (χ0v) is 5.72. The van der Waals surface area contributed by atoms with Gasteiger partial charge in [-0.05, 0) is 5.92 Å². The van der Waals surface area contributed by atoms with E-state index in [9.17, 15) is 9.90 Å². The molecule has 9 heavy (non-hydrogen) atoms. The maximum atomic E-state index is 9.69. The summed E-state index contributed by atoms with van der Waals surface area (Å²) in [5.74, 6) is 0.294. The first-order valence-electron chi connectivity index (χ1n) is 3.00. The minimum atomic E-state index is -1.43. The average Bonchev–Trinajstić information content (AvgIpc) is 1.83. The van der Waals surface area contributed by atoms with E-state index in [1.165, 1.54) is 0 Å². The van der Waals surface area contributed by atoms with E-state index in [-0.39, 0.29) is 6.61 Å². The molecule has 0 aromatic carbocycles. The van der Waals surface area contributed by atoms with Crippen LogP contribution in [0.5, 0.6) is 0 Å². The molecule has 3 nitrogen and oxygen atoms in total. The lowest BCUT2D eigenvalue weighted by Gasteiger charge is -2.04. The van der Waals surface area contributed by atoms with Crippen molar-refractivity contribution in [3.05, 3.63) is 0 Å². The second-order valence-corrected chi connectivity index (χ2v) is 2.07. The first-order valence-corrected chi connectivity index (χ1v) is 3.00. The third-order valence-electron chi connectivity index (χ3n) is 1.18. The van der Waals surface area contributed by atoms with E-state index in [4.69, 9.17) is 0 Å². The molecule has 0 aliphatic rings. The first-order chi connectivity index (χ1) is 4.16. The lowest BCUT2D eigenvalue weighted by atomic mass is 10.1. The first kappa shape index (κ1) is 8.27. The molecular formula is C6H11O3. The Hall–Kier alpha value is -0.730. The van der Waals surface area contributed by atoms with Crippen LogP contribution in [0.25, 0.3) is 0 Å². The quantitative estimate of drug-likeness (QED) is 0.546. The summed E-state index contributed by atoms with van der Waals surface area (Å²) in [5, 5.41) is 9.69. The van der Waals surface area contributed by atoms with Crippen molar-refractivity contribution in [1.29, 1.82) is 0 Å². The van der Waals surface area contributed by atoms with Gasteiger partial charge in [-0.2, -0.15) is 9.90 Å². The molecular weight excluding hydrogens is 120 g/mol. The third-order valence-corrected chi connectivity index (χ3v) is 1.18. The Kier molecular flexibility index (Phi) is 3.84. The Labute approximate surface area is 54.6 Å². The van der Waals surface area contributed by atoms with Gasteiger partial charge in [-0.1, -0.05) is 20.3 Å². The van der Waals surface area contributed by atoms with Crippen molar-refractivity contribution in [3.8, 4) is 0 Å². The fourth-order valence-electron chi connectivity index (χ4n) is 0.328. The molecule has 1 atom stereocenters. The van der Waals surface area contributed by atoms with Gasteiger partial charge in [-0.25, -0.2) is 0 Å². The van der Waals surface area contributed by atoms with E-state index in [1.807, 2.05) is 13.8 Å². The van der Waals surface area contributed by atoms with Crippen LogP contribution in [0.4, 0.5) is 4.79 Å². The predicted octanol–water partition coefficient (Wildman–Crippen LogP) is 1.60. The van der Waals surface area contributed by atoms with Crippen molar-refractivity contribution in [2.24, 2.45) is 5.92 Å². The highest BCUT2D eigenvalue weighted by atomic mass is 16.7. The third kappa shape index (κ3) is 5.14. The maximum absolute atomic E-state index is 9.69. The van der Waals surface area contributed by atoms with Crippen LogP contribution >= 0.6 is 0 Å². The summed E-state index contributed by atoms with van der Waals surface area (Å²) in [4.78, 5) is 9.69. The van der Waals surface area contributed by atoms with Gasteiger partial charge in [0.2, 0.25) is 0 Å². The molecule has 0 amide bonds. The Morgan fingerprint density at radius 1 is 1.67 bits per heavy atom. The van der Waals surface area contributed by atoms with Gasteiger partial charge in [0.1, 0.15) is 0 Å². The van der Waals surface area contributed by atoms with E-state index >= 15 is 0 Å².